The van der Waals surface area contributed by atoms with Crippen molar-refractivity contribution in [3.05, 3.63) is 84.3 Å². The van der Waals surface area contributed by atoms with E-state index in [4.69, 9.17) is 9.72 Å². The Bertz CT molecular complexity index is 1280. The van der Waals surface area contributed by atoms with Crippen molar-refractivity contribution in [3.63, 3.8) is 0 Å². The summed E-state index contributed by atoms with van der Waals surface area (Å²) in [4.78, 5) is 28.9. The van der Waals surface area contributed by atoms with Gasteiger partial charge < -0.3 is 15.0 Å². The predicted molar refractivity (Wildman–Crippen MR) is 133 cm³/mol. The Hall–Kier alpha value is -3.84. The SMILES string of the molecule is C[C@H]1CN(c2ccc(CNC(=O)c3cc(-c4ccncc4)nc4ccccc34)cn2)C[C@H](C)O1. The molecule has 0 spiro atoms. The Morgan fingerprint density at radius 1 is 1.06 bits per heavy atom. The molecule has 34 heavy (non-hydrogen) atoms. The van der Waals surface area contributed by atoms with Crippen LogP contribution in [0.1, 0.15) is 29.8 Å². The zero-order chi connectivity index (χ0) is 23.5. The molecule has 5 rings (SSSR count). The zero-order valence-corrected chi connectivity index (χ0v) is 19.3. The lowest BCUT2D eigenvalue weighted by Crippen LogP contribution is -2.45. The summed E-state index contributed by atoms with van der Waals surface area (Å²) in [5, 5.41) is 3.87. The second kappa shape index (κ2) is 9.57. The van der Waals surface area contributed by atoms with Crippen LogP contribution in [0.4, 0.5) is 5.82 Å². The fraction of sp³-hybridized carbons (Fsp3) is 0.259. The van der Waals surface area contributed by atoms with E-state index < -0.39 is 0 Å². The molecule has 7 nitrogen and oxygen atoms in total. The number of rotatable bonds is 5. The highest BCUT2D eigenvalue weighted by molar-refractivity contribution is 6.07. The van der Waals surface area contributed by atoms with Crippen molar-refractivity contribution in [1.29, 1.82) is 0 Å². The Kier molecular flexibility index (Phi) is 6.18. The van der Waals surface area contributed by atoms with Gasteiger partial charge in [0.15, 0.2) is 0 Å². The van der Waals surface area contributed by atoms with Crippen molar-refractivity contribution in [2.75, 3.05) is 18.0 Å². The maximum absolute atomic E-state index is 13.2. The number of hydrogen-bond acceptors (Lipinski definition) is 6. The smallest absolute Gasteiger partial charge is 0.252 e. The summed E-state index contributed by atoms with van der Waals surface area (Å²) in [6.07, 6.45) is 5.63. The van der Waals surface area contributed by atoms with Gasteiger partial charge in [0.1, 0.15) is 5.82 Å². The average molecular weight is 454 g/mol. The van der Waals surface area contributed by atoms with E-state index in [1.165, 1.54) is 0 Å². The van der Waals surface area contributed by atoms with E-state index in [0.717, 1.165) is 46.6 Å². The topological polar surface area (TPSA) is 80.2 Å². The number of ether oxygens (including phenoxy) is 1. The van der Waals surface area contributed by atoms with Crippen molar-refractivity contribution in [1.82, 2.24) is 20.3 Å². The quantitative estimate of drug-likeness (QED) is 0.487. The van der Waals surface area contributed by atoms with Crippen LogP contribution >= 0.6 is 0 Å². The molecule has 0 radical (unpaired) electrons. The minimum absolute atomic E-state index is 0.145. The van der Waals surface area contributed by atoms with Gasteiger partial charge in [0, 0.05) is 49.2 Å². The molecule has 1 aliphatic heterocycles. The third-order valence-electron chi connectivity index (χ3n) is 5.94. The summed E-state index contributed by atoms with van der Waals surface area (Å²) in [5.74, 6) is 0.785. The van der Waals surface area contributed by atoms with Crippen molar-refractivity contribution in [2.45, 2.75) is 32.6 Å². The first-order chi connectivity index (χ1) is 16.6. The van der Waals surface area contributed by atoms with Crippen LogP contribution in [-0.4, -0.2) is 46.2 Å². The van der Waals surface area contributed by atoms with E-state index in [9.17, 15) is 4.79 Å². The molecule has 1 saturated heterocycles. The summed E-state index contributed by atoms with van der Waals surface area (Å²) in [7, 11) is 0. The van der Waals surface area contributed by atoms with Crippen molar-refractivity contribution in [3.8, 4) is 11.3 Å². The molecule has 4 heterocycles. The van der Waals surface area contributed by atoms with Crippen LogP contribution in [0.3, 0.4) is 0 Å². The molecular weight excluding hydrogens is 426 g/mol. The van der Waals surface area contributed by atoms with Crippen LogP contribution in [0.5, 0.6) is 0 Å². The molecule has 4 aromatic rings. The fourth-order valence-electron chi connectivity index (χ4n) is 4.38. The number of para-hydroxylation sites is 1. The molecule has 0 aliphatic carbocycles. The van der Waals surface area contributed by atoms with Gasteiger partial charge in [0.25, 0.3) is 5.91 Å². The van der Waals surface area contributed by atoms with E-state index in [1.54, 1.807) is 12.4 Å². The van der Waals surface area contributed by atoms with E-state index in [0.29, 0.717) is 12.1 Å². The predicted octanol–water partition coefficient (Wildman–Crippen LogP) is 4.24. The molecule has 3 aromatic heterocycles. The van der Waals surface area contributed by atoms with Crippen molar-refractivity contribution in [2.24, 2.45) is 0 Å². The van der Waals surface area contributed by atoms with Gasteiger partial charge in [0.2, 0.25) is 0 Å². The molecule has 0 saturated carbocycles. The molecule has 2 atom stereocenters. The molecule has 0 bridgehead atoms. The second-order valence-corrected chi connectivity index (χ2v) is 8.68. The number of benzene rings is 1. The summed E-state index contributed by atoms with van der Waals surface area (Å²) in [6, 6.07) is 17.3. The maximum Gasteiger partial charge on any atom is 0.252 e. The van der Waals surface area contributed by atoms with Gasteiger partial charge in [-0.15, -0.1) is 0 Å². The summed E-state index contributed by atoms with van der Waals surface area (Å²) < 4.78 is 5.81. The monoisotopic (exact) mass is 453 g/mol. The van der Waals surface area contributed by atoms with Crippen LogP contribution in [-0.2, 0) is 11.3 Å². The number of aromatic nitrogens is 3. The Morgan fingerprint density at radius 3 is 2.56 bits per heavy atom. The maximum atomic E-state index is 13.2. The van der Waals surface area contributed by atoms with E-state index >= 15 is 0 Å². The number of nitrogens with zero attached hydrogens (tertiary/aromatic N) is 4. The first-order valence-corrected chi connectivity index (χ1v) is 11.5. The Labute approximate surface area is 198 Å². The number of nitrogens with one attached hydrogen (secondary N) is 1. The van der Waals surface area contributed by atoms with Gasteiger partial charge in [-0.05, 0) is 49.7 Å². The Balaban J connectivity index is 1.33. The van der Waals surface area contributed by atoms with Gasteiger partial charge in [-0.25, -0.2) is 9.97 Å². The summed E-state index contributed by atoms with van der Waals surface area (Å²) in [6.45, 7) is 6.19. The van der Waals surface area contributed by atoms with Gasteiger partial charge >= 0.3 is 0 Å². The largest absolute Gasteiger partial charge is 0.372 e. The van der Waals surface area contributed by atoms with Crippen molar-refractivity contribution >= 4 is 22.6 Å². The fourth-order valence-corrected chi connectivity index (χ4v) is 4.38. The van der Waals surface area contributed by atoms with Gasteiger partial charge in [-0.2, -0.15) is 0 Å². The summed E-state index contributed by atoms with van der Waals surface area (Å²) >= 11 is 0. The van der Waals surface area contributed by atoms with Crippen molar-refractivity contribution < 1.29 is 9.53 Å². The van der Waals surface area contributed by atoms with Gasteiger partial charge in [-0.3, -0.25) is 9.78 Å². The molecule has 7 heteroatoms. The van der Waals surface area contributed by atoms with Crippen LogP contribution in [0.25, 0.3) is 22.2 Å². The number of carbonyl (C=O) groups is 1. The number of anilines is 1. The lowest BCUT2D eigenvalue weighted by molar-refractivity contribution is -0.00546. The highest BCUT2D eigenvalue weighted by Gasteiger charge is 2.23. The summed E-state index contributed by atoms with van der Waals surface area (Å²) in [5.41, 5.74) is 3.98. The minimum Gasteiger partial charge on any atom is -0.372 e. The molecule has 1 fully saturated rings. The van der Waals surface area contributed by atoms with Crippen LogP contribution in [0.2, 0.25) is 0 Å². The number of hydrogen-bond donors (Lipinski definition) is 1. The van der Waals surface area contributed by atoms with E-state index in [2.05, 4.69) is 34.0 Å². The normalized spacial score (nSPS) is 18.1. The van der Waals surface area contributed by atoms with E-state index in [1.807, 2.05) is 60.8 Å². The molecule has 1 N–H and O–H groups in total. The standard InChI is InChI=1S/C27H27N5O2/c1-18-16-32(17-19(2)34-18)26-8-7-20(14-29-26)15-30-27(33)23-13-25(21-9-11-28-12-10-21)31-24-6-4-3-5-22(23)24/h3-14,18-19H,15-17H2,1-2H3,(H,30,33)/t18-,19-/m0/s1. The van der Waals surface area contributed by atoms with E-state index in [-0.39, 0.29) is 18.1 Å². The van der Waals surface area contributed by atoms with Gasteiger partial charge in [-0.1, -0.05) is 24.3 Å². The molecule has 1 amide bonds. The number of fused-ring (bicyclic) bond motifs is 1. The Morgan fingerprint density at radius 2 is 1.82 bits per heavy atom. The third-order valence-corrected chi connectivity index (χ3v) is 5.94. The minimum atomic E-state index is -0.145. The molecule has 1 aromatic carbocycles. The zero-order valence-electron chi connectivity index (χ0n) is 19.3. The van der Waals surface area contributed by atoms with Gasteiger partial charge in [0.05, 0.1) is 29.0 Å². The highest BCUT2D eigenvalue weighted by atomic mass is 16.5. The molecule has 0 unspecified atom stereocenters. The lowest BCUT2D eigenvalue weighted by Gasteiger charge is -2.36. The average Bonchev–Trinajstić information content (AvgIpc) is 2.87. The molecule has 172 valence electrons. The molecule has 1 aliphatic rings. The number of morpholine rings is 1. The number of amides is 1. The first kappa shape index (κ1) is 22.0. The lowest BCUT2D eigenvalue weighted by atomic mass is 10.0. The number of carbonyl (C=O) groups excluding carboxylic acids is 1. The van der Waals surface area contributed by atoms with Crippen LogP contribution in [0.15, 0.2) is 73.2 Å². The van der Waals surface area contributed by atoms with Crippen LogP contribution in [0, 0.1) is 0 Å². The highest BCUT2D eigenvalue weighted by Crippen LogP contribution is 2.25. The second-order valence-electron chi connectivity index (χ2n) is 8.68. The third kappa shape index (κ3) is 4.75. The molecular formula is C27H27N5O2. The van der Waals surface area contributed by atoms with Crippen LogP contribution < -0.4 is 10.2 Å². The number of pyridine rings is 3. The first-order valence-electron chi connectivity index (χ1n) is 11.5.